The first-order valence-electron chi connectivity index (χ1n) is 7.64. The Kier molecular flexibility index (Phi) is 6.45. The van der Waals surface area contributed by atoms with E-state index in [1.54, 1.807) is 25.1 Å². The summed E-state index contributed by atoms with van der Waals surface area (Å²) in [6, 6.07) is 4.66. The van der Waals surface area contributed by atoms with Crippen molar-refractivity contribution in [3.05, 3.63) is 45.3 Å². The van der Waals surface area contributed by atoms with Gasteiger partial charge in [0.25, 0.3) is 5.91 Å². The number of aromatic nitrogens is 1. The van der Waals surface area contributed by atoms with Crippen LogP contribution in [0.5, 0.6) is 0 Å². The fraction of sp³-hybridized carbons (Fsp3) is 0.353. The number of carbonyl (C=O) groups is 2. The first-order valence-corrected chi connectivity index (χ1v) is 8.40. The minimum absolute atomic E-state index is 0.128. The van der Waals surface area contributed by atoms with E-state index in [1.165, 1.54) is 6.92 Å². The molecule has 134 valence electrons. The standard InChI is InChI=1S/C17H18Cl2N2O4/c1-9-15(10(2)25-21-9)4-5-16(22)24-11(3)17(23)20-14-7-12(18)6-13(19)8-14/h6-8,11H,4-5H2,1-3H3,(H,20,23)/t11-/m0/s1. The molecule has 1 heterocycles. The number of rotatable bonds is 6. The van der Waals surface area contributed by atoms with Gasteiger partial charge < -0.3 is 14.6 Å². The van der Waals surface area contributed by atoms with Gasteiger partial charge in [-0.15, -0.1) is 0 Å². The van der Waals surface area contributed by atoms with Crippen molar-refractivity contribution in [2.45, 2.75) is 39.7 Å². The second-order valence-corrected chi connectivity index (χ2v) is 6.46. The molecule has 0 saturated heterocycles. The minimum atomic E-state index is -0.949. The molecule has 0 bridgehead atoms. The molecule has 2 rings (SSSR count). The molecule has 0 unspecified atom stereocenters. The van der Waals surface area contributed by atoms with Gasteiger partial charge in [-0.1, -0.05) is 28.4 Å². The van der Waals surface area contributed by atoms with Crippen LogP contribution in [0.1, 0.15) is 30.4 Å². The minimum Gasteiger partial charge on any atom is -0.453 e. The zero-order valence-corrected chi connectivity index (χ0v) is 15.6. The Morgan fingerprint density at radius 1 is 1.24 bits per heavy atom. The number of esters is 1. The molecule has 2 aromatic rings. The van der Waals surface area contributed by atoms with Crippen LogP contribution >= 0.6 is 23.2 Å². The van der Waals surface area contributed by atoms with Crippen molar-refractivity contribution in [2.75, 3.05) is 5.32 Å². The summed E-state index contributed by atoms with van der Waals surface area (Å²) in [5.74, 6) is -0.273. The number of nitrogens with zero attached hydrogens (tertiary/aromatic N) is 1. The van der Waals surface area contributed by atoms with E-state index in [2.05, 4.69) is 10.5 Å². The number of aryl methyl sites for hydroxylation is 2. The van der Waals surface area contributed by atoms with Crippen molar-refractivity contribution in [1.82, 2.24) is 5.16 Å². The Morgan fingerprint density at radius 3 is 2.44 bits per heavy atom. The molecule has 0 radical (unpaired) electrons. The summed E-state index contributed by atoms with van der Waals surface area (Å²) in [5, 5.41) is 7.23. The number of ether oxygens (including phenoxy) is 1. The highest BCUT2D eigenvalue weighted by Crippen LogP contribution is 2.22. The Labute approximate surface area is 155 Å². The van der Waals surface area contributed by atoms with Crippen molar-refractivity contribution in [2.24, 2.45) is 0 Å². The van der Waals surface area contributed by atoms with Crippen molar-refractivity contribution < 1.29 is 18.8 Å². The van der Waals surface area contributed by atoms with Crippen LogP contribution in [0.3, 0.4) is 0 Å². The number of anilines is 1. The third-order valence-electron chi connectivity index (χ3n) is 3.57. The predicted molar refractivity (Wildman–Crippen MR) is 94.9 cm³/mol. The molecule has 1 N–H and O–H groups in total. The van der Waals surface area contributed by atoms with Gasteiger partial charge in [0.1, 0.15) is 5.76 Å². The molecule has 0 fully saturated rings. The number of nitrogens with one attached hydrogen (secondary N) is 1. The molecule has 6 nitrogen and oxygen atoms in total. The number of benzene rings is 1. The van der Waals surface area contributed by atoms with Gasteiger partial charge >= 0.3 is 5.97 Å². The third-order valence-corrected chi connectivity index (χ3v) is 4.00. The molecule has 8 heteroatoms. The second kappa shape index (κ2) is 8.36. The van der Waals surface area contributed by atoms with Crippen molar-refractivity contribution in [3.8, 4) is 0 Å². The molecule has 25 heavy (non-hydrogen) atoms. The van der Waals surface area contributed by atoms with E-state index in [0.717, 1.165) is 11.3 Å². The number of halogens is 2. The predicted octanol–water partition coefficient (Wildman–Crippen LogP) is 4.10. The normalized spacial score (nSPS) is 11.9. The molecular weight excluding hydrogens is 367 g/mol. The summed E-state index contributed by atoms with van der Waals surface area (Å²) in [7, 11) is 0. The molecule has 0 aliphatic carbocycles. The quantitative estimate of drug-likeness (QED) is 0.758. The maximum atomic E-state index is 12.1. The van der Waals surface area contributed by atoms with E-state index in [-0.39, 0.29) is 6.42 Å². The maximum Gasteiger partial charge on any atom is 0.306 e. The first kappa shape index (κ1) is 19.3. The molecule has 1 atom stereocenters. The van der Waals surface area contributed by atoms with Crippen LogP contribution in [-0.4, -0.2) is 23.1 Å². The highest BCUT2D eigenvalue weighted by atomic mass is 35.5. The Morgan fingerprint density at radius 2 is 1.88 bits per heavy atom. The zero-order valence-electron chi connectivity index (χ0n) is 14.1. The molecule has 0 aliphatic heterocycles. The van der Waals surface area contributed by atoms with Crippen LogP contribution in [0.25, 0.3) is 0 Å². The highest BCUT2D eigenvalue weighted by Gasteiger charge is 2.19. The molecule has 1 aromatic heterocycles. The van der Waals surface area contributed by atoms with Gasteiger partial charge in [0.2, 0.25) is 0 Å². The Hall–Kier alpha value is -2.05. The van der Waals surface area contributed by atoms with Gasteiger partial charge in [-0.2, -0.15) is 0 Å². The van der Waals surface area contributed by atoms with Crippen LogP contribution in [0, 0.1) is 13.8 Å². The van der Waals surface area contributed by atoms with E-state index >= 15 is 0 Å². The van der Waals surface area contributed by atoms with Crippen LogP contribution in [0.15, 0.2) is 22.7 Å². The first-order chi connectivity index (χ1) is 11.8. The summed E-state index contributed by atoms with van der Waals surface area (Å²) < 4.78 is 10.2. The van der Waals surface area contributed by atoms with E-state index in [9.17, 15) is 9.59 Å². The Balaban J connectivity index is 1.86. The van der Waals surface area contributed by atoms with Crippen LogP contribution in [-0.2, 0) is 20.7 Å². The summed E-state index contributed by atoms with van der Waals surface area (Å²) in [4.78, 5) is 24.1. The lowest BCUT2D eigenvalue weighted by Gasteiger charge is -2.14. The van der Waals surface area contributed by atoms with Crippen LogP contribution in [0.2, 0.25) is 10.0 Å². The van der Waals surface area contributed by atoms with Crippen LogP contribution in [0.4, 0.5) is 5.69 Å². The van der Waals surface area contributed by atoms with Crippen LogP contribution < -0.4 is 5.32 Å². The monoisotopic (exact) mass is 384 g/mol. The summed E-state index contributed by atoms with van der Waals surface area (Å²) in [6.45, 7) is 5.09. The average Bonchev–Trinajstić information content (AvgIpc) is 2.82. The van der Waals surface area contributed by atoms with Gasteiger partial charge in [0.05, 0.1) is 5.69 Å². The largest absolute Gasteiger partial charge is 0.453 e. The maximum absolute atomic E-state index is 12.1. The lowest BCUT2D eigenvalue weighted by molar-refractivity contribution is -0.153. The second-order valence-electron chi connectivity index (χ2n) is 5.58. The molecule has 0 spiro atoms. The number of carbonyl (C=O) groups excluding carboxylic acids is 2. The molecule has 0 aliphatic rings. The van der Waals surface area contributed by atoms with Crippen molar-refractivity contribution in [1.29, 1.82) is 0 Å². The molecule has 1 aromatic carbocycles. The highest BCUT2D eigenvalue weighted by molar-refractivity contribution is 6.35. The Bertz CT molecular complexity index is 749. The lowest BCUT2D eigenvalue weighted by atomic mass is 10.1. The third kappa shape index (κ3) is 5.47. The van der Waals surface area contributed by atoms with Gasteiger partial charge in [0, 0.05) is 27.7 Å². The fourth-order valence-electron chi connectivity index (χ4n) is 2.27. The molecule has 0 saturated carbocycles. The van der Waals surface area contributed by atoms with E-state index in [1.807, 2.05) is 6.92 Å². The lowest BCUT2D eigenvalue weighted by Crippen LogP contribution is -2.30. The summed E-state index contributed by atoms with van der Waals surface area (Å²) >= 11 is 11.8. The van der Waals surface area contributed by atoms with Gasteiger partial charge in [0.15, 0.2) is 6.10 Å². The SMILES string of the molecule is Cc1noc(C)c1CCC(=O)O[C@@H](C)C(=O)Nc1cc(Cl)cc(Cl)c1. The molecule has 1 amide bonds. The number of amides is 1. The summed E-state index contributed by atoms with van der Waals surface area (Å²) in [6.07, 6.45) is -0.378. The van der Waals surface area contributed by atoms with Crippen molar-refractivity contribution >= 4 is 40.8 Å². The van der Waals surface area contributed by atoms with Gasteiger partial charge in [-0.25, -0.2) is 0 Å². The van der Waals surface area contributed by atoms with Gasteiger partial charge in [-0.05, 0) is 45.4 Å². The smallest absolute Gasteiger partial charge is 0.306 e. The van der Waals surface area contributed by atoms with Crippen molar-refractivity contribution in [3.63, 3.8) is 0 Å². The number of hydrogen-bond acceptors (Lipinski definition) is 5. The van der Waals surface area contributed by atoms with E-state index < -0.39 is 18.0 Å². The number of hydrogen-bond donors (Lipinski definition) is 1. The fourth-order valence-corrected chi connectivity index (χ4v) is 2.79. The zero-order chi connectivity index (χ0) is 18.6. The summed E-state index contributed by atoms with van der Waals surface area (Å²) in [5.41, 5.74) is 2.05. The van der Waals surface area contributed by atoms with E-state index in [4.69, 9.17) is 32.5 Å². The topological polar surface area (TPSA) is 81.4 Å². The van der Waals surface area contributed by atoms with E-state index in [0.29, 0.717) is 27.9 Å². The van der Waals surface area contributed by atoms with Gasteiger partial charge in [-0.3, -0.25) is 9.59 Å². The molecular formula is C17H18Cl2N2O4. The average molecular weight is 385 g/mol.